The molecule has 0 aromatic heterocycles. The molecule has 5 nitrogen and oxygen atoms in total. The molecule has 1 saturated heterocycles. The molecule has 2 N–H and O–H groups in total. The highest BCUT2D eigenvalue weighted by Gasteiger charge is 2.34. The van der Waals surface area contributed by atoms with Gasteiger partial charge in [0.25, 0.3) is 11.8 Å². The monoisotopic (exact) mass is 667 g/mol. The van der Waals surface area contributed by atoms with Crippen molar-refractivity contribution in [3.63, 3.8) is 0 Å². The van der Waals surface area contributed by atoms with Gasteiger partial charge in [0.1, 0.15) is 5.57 Å². The largest absolute Gasteiger partial charge is 0.386 e. The van der Waals surface area contributed by atoms with Gasteiger partial charge in [0, 0.05) is 18.7 Å². The lowest BCUT2D eigenvalue weighted by Crippen LogP contribution is -2.54. The van der Waals surface area contributed by atoms with Gasteiger partial charge in [-0.05, 0) is 99.4 Å². The van der Waals surface area contributed by atoms with Crippen molar-refractivity contribution in [2.24, 2.45) is 0 Å². The second-order valence-corrected chi connectivity index (χ2v) is 9.17. The third-order valence-corrected chi connectivity index (χ3v) is 6.27. The van der Waals surface area contributed by atoms with E-state index in [0.717, 1.165) is 22.9 Å². The number of thiocarbonyl (C=S) groups is 1. The normalized spacial score (nSPS) is 15.9. The maximum absolute atomic E-state index is 13.0. The first-order valence-corrected chi connectivity index (χ1v) is 11.0. The van der Waals surface area contributed by atoms with E-state index in [0.29, 0.717) is 5.69 Å². The van der Waals surface area contributed by atoms with Gasteiger partial charge in [-0.25, -0.2) is 0 Å². The number of carbonyl (C=O) groups is 2. The molecule has 3 rings (SSSR count). The molecule has 1 fully saturated rings. The van der Waals surface area contributed by atoms with E-state index in [9.17, 15) is 9.59 Å². The molecular weight excluding hydrogens is 656 g/mol. The Labute approximate surface area is 197 Å². The van der Waals surface area contributed by atoms with Crippen LogP contribution in [-0.4, -0.2) is 24.0 Å². The Balaban J connectivity index is 2.04. The molecule has 0 radical (unpaired) electrons. The van der Waals surface area contributed by atoms with Crippen LogP contribution in [0.25, 0.3) is 6.08 Å². The van der Waals surface area contributed by atoms with Gasteiger partial charge in [-0.1, -0.05) is 22.0 Å². The zero-order chi connectivity index (χ0) is 19.7. The molecule has 0 bridgehead atoms. The number of amides is 2. The van der Waals surface area contributed by atoms with Gasteiger partial charge in [0.15, 0.2) is 5.11 Å². The number of carbonyl (C=O) groups excluding carboxylic acids is 2. The minimum atomic E-state index is -0.501. The highest BCUT2D eigenvalue weighted by Crippen LogP contribution is 2.29. The second kappa shape index (κ2) is 8.53. The van der Waals surface area contributed by atoms with E-state index in [4.69, 9.17) is 12.2 Å². The van der Waals surface area contributed by atoms with Crippen LogP contribution < -0.4 is 15.5 Å². The average Bonchev–Trinajstić information content (AvgIpc) is 2.58. The predicted molar refractivity (Wildman–Crippen MR) is 132 cm³/mol. The van der Waals surface area contributed by atoms with Crippen molar-refractivity contribution in [1.29, 1.82) is 0 Å². The second-order valence-electron chi connectivity index (χ2n) is 5.55. The Bertz CT molecular complexity index is 987. The quantitative estimate of drug-likeness (QED) is 0.219. The minimum Gasteiger partial charge on any atom is -0.386 e. The van der Waals surface area contributed by atoms with E-state index < -0.39 is 11.8 Å². The summed E-state index contributed by atoms with van der Waals surface area (Å²) in [6.45, 7) is 0. The fourth-order valence-electron chi connectivity index (χ4n) is 2.59. The van der Waals surface area contributed by atoms with Crippen LogP contribution in [0.4, 0.5) is 11.4 Å². The van der Waals surface area contributed by atoms with Crippen molar-refractivity contribution in [3.05, 3.63) is 59.1 Å². The summed E-state index contributed by atoms with van der Waals surface area (Å²) in [6.07, 6.45) is 1.59. The molecule has 138 valence electrons. The predicted octanol–water partition coefficient (Wildman–Crippen LogP) is 4.53. The van der Waals surface area contributed by atoms with Gasteiger partial charge in [0.05, 0.1) is 11.4 Å². The number of anilines is 2. The van der Waals surface area contributed by atoms with Gasteiger partial charge in [-0.2, -0.15) is 0 Å². The van der Waals surface area contributed by atoms with Gasteiger partial charge in [0.2, 0.25) is 0 Å². The van der Waals surface area contributed by atoms with Crippen molar-refractivity contribution in [2.45, 2.75) is 0 Å². The summed E-state index contributed by atoms with van der Waals surface area (Å²) in [6, 6.07) is 11.0. The third kappa shape index (κ3) is 4.35. The lowest BCUT2D eigenvalue weighted by molar-refractivity contribution is -0.122. The molecule has 9 heteroatoms. The summed E-state index contributed by atoms with van der Waals surface area (Å²) in [4.78, 5) is 26.8. The van der Waals surface area contributed by atoms with Crippen molar-refractivity contribution in [3.8, 4) is 0 Å². The van der Waals surface area contributed by atoms with Crippen LogP contribution in [-0.2, 0) is 9.59 Å². The molecule has 0 unspecified atom stereocenters. The van der Waals surface area contributed by atoms with Crippen molar-refractivity contribution < 1.29 is 9.59 Å². The summed E-state index contributed by atoms with van der Waals surface area (Å²) in [5, 5.41) is 5.80. The minimum absolute atomic E-state index is 0.0346. The summed E-state index contributed by atoms with van der Waals surface area (Å²) in [5.41, 5.74) is 2.39. The van der Waals surface area contributed by atoms with Crippen LogP contribution in [0.15, 0.2) is 46.4 Å². The molecule has 0 saturated carbocycles. The maximum Gasteiger partial charge on any atom is 0.270 e. The zero-order valence-corrected chi connectivity index (χ0v) is 20.6. The number of halogens is 3. The highest BCUT2D eigenvalue weighted by molar-refractivity contribution is 14.1. The Hall–Kier alpha value is -1.05. The van der Waals surface area contributed by atoms with E-state index in [2.05, 4.69) is 71.7 Å². The molecule has 2 amide bonds. The molecule has 1 aliphatic heterocycles. The van der Waals surface area contributed by atoms with E-state index in [1.807, 2.05) is 25.2 Å². The Kier molecular flexibility index (Phi) is 6.54. The SMILES string of the molecule is CNc1c(I)cc(/C=C2\C(=O)NC(=S)N(c3cccc(Br)c3)C2=O)cc1I. The van der Waals surface area contributed by atoms with Crippen molar-refractivity contribution >= 4 is 108 Å². The molecule has 1 aliphatic rings. The lowest BCUT2D eigenvalue weighted by Gasteiger charge is -2.29. The van der Waals surface area contributed by atoms with Crippen LogP contribution in [0.5, 0.6) is 0 Å². The average molecular weight is 668 g/mol. The van der Waals surface area contributed by atoms with Crippen LogP contribution in [0, 0.1) is 7.14 Å². The summed E-state index contributed by atoms with van der Waals surface area (Å²) in [5.74, 6) is -0.955. The molecule has 2 aromatic rings. The molecule has 0 atom stereocenters. The van der Waals surface area contributed by atoms with Gasteiger partial charge in [-0.15, -0.1) is 0 Å². The fourth-order valence-corrected chi connectivity index (χ4v) is 5.61. The molecule has 0 aliphatic carbocycles. The summed E-state index contributed by atoms with van der Waals surface area (Å²) < 4.78 is 2.80. The maximum atomic E-state index is 13.0. The van der Waals surface area contributed by atoms with Crippen LogP contribution in [0.3, 0.4) is 0 Å². The number of rotatable bonds is 3. The Morgan fingerprint density at radius 1 is 1.19 bits per heavy atom. The van der Waals surface area contributed by atoms with Gasteiger partial charge < -0.3 is 5.32 Å². The number of nitrogens with zero attached hydrogens (tertiary/aromatic N) is 1. The van der Waals surface area contributed by atoms with Crippen LogP contribution in [0.1, 0.15) is 5.56 Å². The number of benzene rings is 2. The Morgan fingerprint density at radius 3 is 2.44 bits per heavy atom. The van der Waals surface area contributed by atoms with Crippen LogP contribution >= 0.6 is 73.3 Å². The standard InChI is InChI=1S/C18H12BrI2N3O2S/c1-22-15-13(20)6-9(7-14(15)21)5-12-16(25)23-18(27)24(17(12)26)11-4-2-3-10(19)8-11/h2-8,22H,1H3,(H,23,25,27)/b12-5+. The summed E-state index contributed by atoms with van der Waals surface area (Å²) in [7, 11) is 1.85. The zero-order valence-electron chi connectivity index (χ0n) is 13.8. The Morgan fingerprint density at radius 2 is 1.85 bits per heavy atom. The number of nitrogens with one attached hydrogen (secondary N) is 2. The first-order valence-electron chi connectivity index (χ1n) is 7.65. The number of hydrogen-bond donors (Lipinski definition) is 2. The first kappa shape index (κ1) is 20.7. The molecule has 27 heavy (non-hydrogen) atoms. The topological polar surface area (TPSA) is 61.4 Å². The highest BCUT2D eigenvalue weighted by atomic mass is 127. The third-order valence-electron chi connectivity index (χ3n) is 3.79. The van der Waals surface area contributed by atoms with E-state index in [1.54, 1.807) is 24.3 Å². The van der Waals surface area contributed by atoms with Crippen molar-refractivity contribution in [1.82, 2.24) is 5.32 Å². The number of hydrogen-bond acceptors (Lipinski definition) is 4. The first-order chi connectivity index (χ1) is 12.8. The van der Waals surface area contributed by atoms with E-state index in [-0.39, 0.29) is 10.7 Å². The lowest BCUT2D eigenvalue weighted by atomic mass is 10.1. The van der Waals surface area contributed by atoms with E-state index >= 15 is 0 Å². The van der Waals surface area contributed by atoms with E-state index in [1.165, 1.54) is 4.90 Å². The summed E-state index contributed by atoms with van der Waals surface area (Å²) >= 11 is 13.0. The fraction of sp³-hybridized carbons (Fsp3) is 0.0556. The van der Waals surface area contributed by atoms with Crippen molar-refractivity contribution in [2.75, 3.05) is 17.3 Å². The van der Waals surface area contributed by atoms with Gasteiger partial charge >= 0.3 is 0 Å². The molecule has 1 heterocycles. The van der Waals surface area contributed by atoms with Gasteiger partial charge in [-0.3, -0.25) is 19.8 Å². The molecule has 2 aromatic carbocycles. The smallest absolute Gasteiger partial charge is 0.270 e. The van der Waals surface area contributed by atoms with Crippen LogP contribution in [0.2, 0.25) is 0 Å². The molecule has 0 spiro atoms. The molecular formula is C18H12BrI2N3O2S.